The first kappa shape index (κ1) is 17.8. The van der Waals surface area contributed by atoms with Crippen LogP contribution >= 0.6 is 0 Å². The molecule has 1 amide bonds. The lowest BCUT2D eigenvalue weighted by atomic mass is 10.0. The lowest BCUT2D eigenvalue weighted by Crippen LogP contribution is -2.27. The molecule has 0 atom stereocenters. The topological polar surface area (TPSA) is 71.2 Å². The van der Waals surface area contributed by atoms with Crippen LogP contribution in [0, 0.1) is 0 Å². The summed E-state index contributed by atoms with van der Waals surface area (Å²) in [5.74, 6) is 0.553. The summed E-state index contributed by atoms with van der Waals surface area (Å²) in [6.45, 7) is 0.382. The fraction of sp³-hybridized carbons (Fsp3) is 0.130. The van der Waals surface area contributed by atoms with Gasteiger partial charge in [-0.3, -0.25) is 9.59 Å². The van der Waals surface area contributed by atoms with Crippen molar-refractivity contribution in [1.29, 1.82) is 0 Å². The lowest BCUT2D eigenvalue weighted by molar-refractivity contribution is 0.0956. The monoisotopic (exact) mass is 372 g/mol. The molecule has 1 heterocycles. The van der Waals surface area contributed by atoms with Gasteiger partial charge in [0.2, 0.25) is 0 Å². The van der Waals surface area contributed by atoms with Gasteiger partial charge < -0.3 is 15.0 Å². The Morgan fingerprint density at radius 2 is 1.82 bits per heavy atom. The Morgan fingerprint density at radius 1 is 1.00 bits per heavy atom. The Hall–Kier alpha value is -3.60. The first-order valence-electron chi connectivity index (χ1n) is 9.11. The zero-order valence-corrected chi connectivity index (χ0v) is 15.5. The predicted molar refractivity (Wildman–Crippen MR) is 111 cm³/mol. The largest absolute Gasteiger partial charge is 0.497 e. The molecule has 0 spiro atoms. The highest BCUT2D eigenvalue weighted by Crippen LogP contribution is 2.19. The summed E-state index contributed by atoms with van der Waals surface area (Å²) in [6.07, 6.45) is 0.452. The molecule has 0 aliphatic heterocycles. The van der Waals surface area contributed by atoms with Crippen molar-refractivity contribution in [3.63, 3.8) is 0 Å². The molecule has 5 nitrogen and oxygen atoms in total. The number of pyridine rings is 1. The number of methoxy groups -OCH3 is 1. The lowest BCUT2D eigenvalue weighted by Gasteiger charge is -2.09. The Labute approximate surface area is 162 Å². The van der Waals surface area contributed by atoms with Gasteiger partial charge >= 0.3 is 0 Å². The molecule has 0 saturated heterocycles. The van der Waals surface area contributed by atoms with Crippen LogP contribution in [0.1, 0.15) is 15.9 Å². The maximum atomic E-state index is 12.6. The Kier molecular flexibility index (Phi) is 4.81. The number of amides is 1. The first-order valence-corrected chi connectivity index (χ1v) is 9.11. The predicted octanol–water partition coefficient (Wildman–Crippen LogP) is 3.66. The van der Waals surface area contributed by atoms with Crippen LogP contribution < -0.4 is 15.6 Å². The molecule has 0 aliphatic rings. The number of hydrogen-bond acceptors (Lipinski definition) is 3. The van der Waals surface area contributed by atoms with E-state index in [1.165, 1.54) is 0 Å². The van der Waals surface area contributed by atoms with Crippen LogP contribution in [-0.4, -0.2) is 24.5 Å². The molecule has 0 unspecified atom stereocenters. The molecule has 4 aromatic rings. The van der Waals surface area contributed by atoms with E-state index in [-0.39, 0.29) is 11.5 Å². The van der Waals surface area contributed by atoms with Crippen molar-refractivity contribution >= 4 is 27.6 Å². The second-order valence-electron chi connectivity index (χ2n) is 6.61. The zero-order valence-electron chi connectivity index (χ0n) is 15.5. The summed E-state index contributed by atoms with van der Waals surface area (Å²) in [6, 6.07) is 20.9. The van der Waals surface area contributed by atoms with Gasteiger partial charge in [0, 0.05) is 23.7 Å². The molecule has 28 heavy (non-hydrogen) atoms. The number of aromatic amines is 1. The van der Waals surface area contributed by atoms with Gasteiger partial charge in [0.25, 0.3) is 11.5 Å². The Balaban J connectivity index is 1.49. The molecule has 0 radical (unpaired) electrons. The van der Waals surface area contributed by atoms with Crippen LogP contribution in [0.15, 0.2) is 71.5 Å². The number of H-pyrrole nitrogens is 1. The fourth-order valence-electron chi connectivity index (χ4n) is 3.37. The molecular weight excluding hydrogens is 352 g/mol. The van der Waals surface area contributed by atoms with Gasteiger partial charge in [0.15, 0.2) is 0 Å². The maximum absolute atomic E-state index is 12.6. The molecule has 5 heteroatoms. The third-order valence-corrected chi connectivity index (χ3v) is 4.84. The van der Waals surface area contributed by atoms with Gasteiger partial charge in [-0.1, -0.05) is 36.4 Å². The highest BCUT2D eigenvalue weighted by atomic mass is 16.5. The number of rotatable bonds is 5. The molecule has 0 fully saturated rings. The van der Waals surface area contributed by atoms with E-state index in [4.69, 9.17) is 4.74 Å². The summed E-state index contributed by atoms with van der Waals surface area (Å²) >= 11 is 0. The molecule has 0 saturated carbocycles. The smallest absolute Gasteiger partial charge is 0.251 e. The van der Waals surface area contributed by atoms with Crippen LogP contribution in [0.2, 0.25) is 0 Å². The van der Waals surface area contributed by atoms with Crippen LogP contribution in [0.4, 0.5) is 0 Å². The third kappa shape index (κ3) is 3.47. The van der Waals surface area contributed by atoms with Crippen LogP contribution in [0.25, 0.3) is 21.7 Å². The van der Waals surface area contributed by atoms with Crippen LogP contribution in [0.3, 0.4) is 0 Å². The van der Waals surface area contributed by atoms with Crippen LogP contribution in [-0.2, 0) is 6.42 Å². The number of aromatic nitrogens is 1. The molecule has 3 aromatic carbocycles. The van der Waals surface area contributed by atoms with Crippen molar-refractivity contribution in [2.24, 2.45) is 0 Å². The van der Waals surface area contributed by atoms with Crippen molar-refractivity contribution in [2.75, 3.05) is 13.7 Å². The van der Waals surface area contributed by atoms with E-state index in [1.807, 2.05) is 60.7 Å². The Morgan fingerprint density at radius 3 is 2.68 bits per heavy atom. The molecule has 2 N–H and O–H groups in total. The summed E-state index contributed by atoms with van der Waals surface area (Å²) in [5, 5.41) is 5.79. The zero-order chi connectivity index (χ0) is 19.5. The highest BCUT2D eigenvalue weighted by Gasteiger charge is 2.10. The number of hydrogen-bond donors (Lipinski definition) is 2. The number of benzene rings is 3. The molecule has 4 rings (SSSR count). The molecule has 1 aromatic heterocycles. The van der Waals surface area contributed by atoms with E-state index in [2.05, 4.69) is 10.3 Å². The van der Waals surface area contributed by atoms with Gasteiger partial charge in [-0.05, 0) is 46.8 Å². The van der Waals surface area contributed by atoms with Crippen LogP contribution in [0.5, 0.6) is 5.75 Å². The first-order chi connectivity index (χ1) is 13.7. The normalized spacial score (nSPS) is 10.9. The van der Waals surface area contributed by atoms with Gasteiger partial charge in [0.1, 0.15) is 5.75 Å². The highest BCUT2D eigenvalue weighted by molar-refractivity contribution is 6.07. The molecule has 0 aliphatic carbocycles. The van der Waals surface area contributed by atoms with E-state index >= 15 is 0 Å². The SMILES string of the molecule is COc1ccc2cc(CCNC(=O)c3cccc4ccccc34)c(=O)[nH]c2c1. The van der Waals surface area contributed by atoms with Gasteiger partial charge in [-0.25, -0.2) is 0 Å². The van der Waals surface area contributed by atoms with Gasteiger partial charge in [0.05, 0.1) is 12.6 Å². The third-order valence-electron chi connectivity index (χ3n) is 4.84. The fourth-order valence-corrected chi connectivity index (χ4v) is 3.37. The second-order valence-corrected chi connectivity index (χ2v) is 6.61. The van der Waals surface area contributed by atoms with E-state index in [1.54, 1.807) is 13.2 Å². The number of nitrogens with one attached hydrogen (secondary N) is 2. The Bertz CT molecular complexity index is 1220. The number of carbonyl (C=O) groups is 1. The standard InChI is InChI=1S/C23H20N2O3/c1-28-18-10-9-16-13-17(22(26)25-21(16)14-18)11-12-24-23(27)20-8-4-6-15-5-2-3-7-19(15)20/h2-10,13-14H,11-12H2,1H3,(H,24,27)(H,25,26). The summed E-state index contributed by atoms with van der Waals surface area (Å²) in [7, 11) is 1.59. The molecular formula is C23H20N2O3. The van der Waals surface area contributed by atoms with E-state index < -0.39 is 0 Å². The second kappa shape index (κ2) is 7.56. The number of ether oxygens (including phenoxy) is 1. The average Bonchev–Trinajstić information content (AvgIpc) is 2.73. The number of fused-ring (bicyclic) bond motifs is 2. The van der Waals surface area contributed by atoms with Crippen molar-refractivity contribution in [3.8, 4) is 5.75 Å². The number of carbonyl (C=O) groups excluding carboxylic acids is 1. The van der Waals surface area contributed by atoms with Crippen molar-refractivity contribution in [1.82, 2.24) is 10.3 Å². The summed E-state index contributed by atoms with van der Waals surface area (Å²) < 4.78 is 5.19. The summed E-state index contributed by atoms with van der Waals surface area (Å²) in [4.78, 5) is 27.8. The van der Waals surface area contributed by atoms with E-state index in [0.29, 0.717) is 29.8 Å². The quantitative estimate of drug-likeness (QED) is 0.562. The minimum atomic E-state index is -0.153. The van der Waals surface area contributed by atoms with Gasteiger partial charge in [-0.15, -0.1) is 0 Å². The molecule has 0 bridgehead atoms. The van der Waals surface area contributed by atoms with Crippen molar-refractivity contribution in [2.45, 2.75) is 6.42 Å². The minimum absolute atomic E-state index is 0.140. The minimum Gasteiger partial charge on any atom is -0.497 e. The van der Waals surface area contributed by atoms with Crippen molar-refractivity contribution < 1.29 is 9.53 Å². The van der Waals surface area contributed by atoms with E-state index in [0.717, 1.165) is 21.7 Å². The average molecular weight is 372 g/mol. The molecule has 140 valence electrons. The van der Waals surface area contributed by atoms with Crippen molar-refractivity contribution in [3.05, 3.63) is 88.2 Å². The van der Waals surface area contributed by atoms with Gasteiger partial charge in [-0.2, -0.15) is 0 Å². The summed E-state index contributed by atoms with van der Waals surface area (Å²) in [5.41, 5.74) is 1.85. The van der Waals surface area contributed by atoms with E-state index in [9.17, 15) is 9.59 Å². The maximum Gasteiger partial charge on any atom is 0.251 e.